The van der Waals surface area contributed by atoms with Crippen LogP contribution >= 0.6 is 0 Å². The third-order valence-electron chi connectivity index (χ3n) is 2.99. The Bertz CT molecular complexity index is 426. The van der Waals surface area contributed by atoms with Gasteiger partial charge in [0.25, 0.3) is 0 Å². The highest BCUT2D eigenvalue weighted by Gasteiger charge is 2.20. The summed E-state index contributed by atoms with van der Waals surface area (Å²) in [7, 11) is 0. The normalized spacial score (nSPS) is 17.2. The minimum absolute atomic E-state index is 0.132. The second kappa shape index (κ2) is 3.94. The van der Waals surface area contributed by atoms with Crippen molar-refractivity contribution in [2.24, 2.45) is 0 Å². The summed E-state index contributed by atoms with van der Waals surface area (Å²) >= 11 is -2.00. The number of rotatable bonds is 1. The van der Waals surface area contributed by atoms with E-state index in [-0.39, 0.29) is 5.75 Å². The van der Waals surface area contributed by atoms with Gasteiger partial charge < -0.3 is 9.66 Å². The number of hydrogen-bond donors (Lipinski definition) is 2. The Morgan fingerprint density at radius 2 is 2.00 bits per heavy atom. The molecule has 1 aromatic carbocycles. The van der Waals surface area contributed by atoms with Crippen LogP contribution in [0.25, 0.3) is 0 Å². The molecular formula is C11H14O3S. The van der Waals surface area contributed by atoms with Gasteiger partial charge >= 0.3 is 0 Å². The summed E-state index contributed by atoms with van der Waals surface area (Å²) < 4.78 is 20.5. The molecule has 1 unspecified atom stereocenters. The maximum absolute atomic E-state index is 11.2. The van der Waals surface area contributed by atoms with Gasteiger partial charge in [-0.3, -0.25) is 0 Å². The van der Waals surface area contributed by atoms with Gasteiger partial charge in [0.05, 0.1) is 4.90 Å². The lowest BCUT2D eigenvalue weighted by Gasteiger charge is -2.20. The predicted molar refractivity (Wildman–Crippen MR) is 58.5 cm³/mol. The zero-order valence-corrected chi connectivity index (χ0v) is 9.43. The Morgan fingerprint density at radius 3 is 2.67 bits per heavy atom. The Hall–Kier alpha value is -0.870. The lowest BCUT2D eigenvalue weighted by Crippen LogP contribution is -2.09. The number of aromatic hydroxyl groups is 1. The lowest BCUT2D eigenvalue weighted by molar-refractivity contribution is 0.464. The van der Waals surface area contributed by atoms with Crippen molar-refractivity contribution in [3.63, 3.8) is 0 Å². The largest absolute Gasteiger partial charge is 0.508 e. The molecule has 0 fully saturated rings. The first-order valence-corrected chi connectivity index (χ1v) is 6.17. The van der Waals surface area contributed by atoms with Gasteiger partial charge in [0.1, 0.15) is 5.75 Å². The molecule has 0 heterocycles. The van der Waals surface area contributed by atoms with E-state index in [0.29, 0.717) is 10.5 Å². The number of aryl methyl sites for hydroxylation is 1. The fraction of sp³-hybridized carbons (Fsp3) is 0.455. The molecule has 0 amide bonds. The molecule has 0 spiro atoms. The number of phenols is 1. The van der Waals surface area contributed by atoms with Crippen LogP contribution in [-0.2, 0) is 23.9 Å². The standard InChI is InChI=1S/C11H14O3S/c1-7-10(12)6-8-4-2-3-5-9(8)11(7)15(13)14/h6,12H,2-5H2,1H3,(H,13,14). The highest BCUT2D eigenvalue weighted by atomic mass is 32.2. The van der Waals surface area contributed by atoms with Crippen LogP contribution < -0.4 is 0 Å². The molecule has 1 aliphatic rings. The Morgan fingerprint density at radius 1 is 1.33 bits per heavy atom. The molecule has 1 aliphatic carbocycles. The maximum Gasteiger partial charge on any atom is 0.187 e. The van der Waals surface area contributed by atoms with Crippen molar-refractivity contribution in [1.82, 2.24) is 0 Å². The average molecular weight is 226 g/mol. The topological polar surface area (TPSA) is 57.5 Å². The minimum atomic E-state index is -2.00. The molecule has 1 aromatic rings. The van der Waals surface area contributed by atoms with E-state index in [1.807, 2.05) is 0 Å². The molecule has 4 heteroatoms. The predicted octanol–water partition coefficient (Wildman–Crippen LogP) is 2.16. The summed E-state index contributed by atoms with van der Waals surface area (Å²) in [5.74, 6) is 0.132. The quantitative estimate of drug-likeness (QED) is 0.721. The summed E-state index contributed by atoms with van der Waals surface area (Å²) in [6.45, 7) is 1.69. The van der Waals surface area contributed by atoms with E-state index in [2.05, 4.69) is 0 Å². The highest BCUT2D eigenvalue weighted by molar-refractivity contribution is 7.79. The Balaban J connectivity index is 2.68. The van der Waals surface area contributed by atoms with Gasteiger partial charge in [0.2, 0.25) is 0 Å². The van der Waals surface area contributed by atoms with Crippen LogP contribution in [0.3, 0.4) is 0 Å². The molecule has 0 saturated heterocycles. The molecule has 3 nitrogen and oxygen atoms in total. The number of benzene rings is 1. The fourth-order valence-electron chi connectivity index (χ4n) is 2.20. The van der Waals surface area contributed by atoms with Gasteiger partial charge in [0.15, 0.2) is 11.1 Å². The third kappa shape index (κ3) is 1.79. The third-order valence-corrected chi connectivity index (χ3v) is 3.90. The van der Waals surface area contributed by atoms with Crippen molar-refractivity contribution in [2.75, 3.05) is 0 Å². The minimum Gasteiger partial charge on any atom is -0.508 e. The van der Waals surface area contributed by atoms with Crippen molar-refractivity contribution in [2.45, 2.75) is 37.5 Å². The van der Waals surface area contributed by atoms with Crippen LogP contribution in [0.5, 0.6) is 5.75 Å². The van der Waals surface area contributed by atoms with Crippen LogP contribution in [0, 0.1) is 6.92 Å². The number of phenolic OH excluding ortho intramolecular Hbond substituents is 1. The fourth-order valence-corrected chi connectivity index (χ4v) is 3.01. The molecule has 0 saturated carbocycles. The van der Waals surface area contributed by atoms with Gasteiger partial charge in [-0.25, -0.2) is 4.21 Å². The first kappa shape index (κ1) is 10.6. The van der Waals surface area contributed by atoms with E-state index >= 15 is 0 Å². The van der Waals surface area contributed by atoms with Gasteiger partial charge in [-0.2, -0.15) is 0 Å². The Labute approximate surface area is 91.4 Å². The van der Waals surface area contributed by atoms with Crippen molar-refractivity contribution in [1.29, 1.82) is 0 Å². The van der Waals surface area contributed by atoms with Crippen molar-refractivity contribution >= 4 is 11.1 Å². The van der Waals surface area contributed by atoms with E-state index in [4.69, 9.17) is 0 Å². The van der Waals surface area contributed by atoms with Crippen LogP contribution in [0.1, 0.15) is 29.5 Å². The molecule has 15 heavy (non-hydrogen) atoms. The van der Waals surface area contributed by atoms with Gasteiger partial charge in [0, 0.05) is 5.56 Å². The monoisotopic (exact) mass is 226 g/mol. The SMILES string of the molecule is Cc1c(O)cc2c(c1S(=O)O)CCCC2. The van der Waals surface area contributed by atoms with E-state index in [1.165, 1.54) is 0 Å². The molecule has 2 N–H and O–H groups in total. The molecule has 2 rings (SSSR count). The lowest BCUT2D eigenvalue weighted by atomic mass is 9.90. The molecule has 1 atom stereocenters. The zero-order valence-electron chi connectivity index (χ0n) is 8.62. The zero-order chi connectivity index (χ0) is 11.0. The summed E-state index contributed by atoms with van der Waals surface area (Å²) in [4.78, 5) is 0.421. The van der Waals surface area contributed by atoms with Crippen LogP contribution in [-0.4, -0.2) is 13.9 Å². The second-order valence-electron chi connectivity index (χ2n) is 3.94. The molecule has 0 aliphatic heterocycles. The average Bonchev–Trinajstić information content (AvgIpc) is 2.19. The summed E-state index contributed by atoms with van der Waals surface area (Å²) in [6, 6.07) is 1.74. The molecule has 0 aromatic heterocycles. The summed E-state index contributed by atoms with van der Waals surface area (Å²) in [6.07, 6.45) is 3.89. The van der Waals surface area contributed by atoms with E-state index in [0.717, 1.165) is 36.8 Å². The first-order chi connectivity index (χ1) is 7.11. The second-order valence-corrected chi connectivity index (χ2v) is 4.85. The molecule has 0 bridgehead atoms. The summed E-state index contributed by atoms with van der Waals surface area (Å²) in [5, 5.41) is 9.66. The highest BCUT2D eigenvalue weighted by Crippen LogP contribution is 2.33. The van der Waals surface area contributed by atoms with Crippen molar-refractivity contribution in [3.8, 4) is 5.75 Å². The van der Waals surface area contributed by atoms with E-state index in [1.54, 1.807) is 13.0 Å². The van der Waals surface area contributed by atoms with Crippen molar-refractivity contribution < 1.29 is 13.9 Å². The maximum atomic E-state index is 11.2. The van der Waals surface area contributed by atoms with E-state index in [9.17, 15) is 13.9 Å². The van der Waals surface area contributed by atoms with Crippen molar-refractivity contribution in [3.05, 3.63) is 22.8 Å². The van der Waals surface area contributed by atoms with Crippen LogP contribution in [0.2, 0.25) is 0 Å². The van der Waals surface area contributed by atoms with Crippen LogP contribution in [0.4, 0.5) is 0 Å². The Kier molecular flexibility index (Phi) is 2.80. The molecule has 82 valence electrons. The first-order valence-electron chi connectivity index (χ1n) is 5.06. The summed E-state index contributed by atoms with van der Waals surface area (Å²) in [5.41, 5.74) is 2.54. The van der Waals surface area contributed by atoms with Gasteiger partial charge in [-0.1, -0.05) is 0 Å². The molecular weight excluding hydrogens is 212 g/mol. The number of hydrogen-bond acceptors (Lipinski definition) is 2. The smallest absolute Gasteiger partial charge is 0.187 e. The number of fused-ring (bicyclic) bond motifs is 1. The van der Waals surface area contributed by atoms with Crippen LogP contribution in [0.15, 0.2) is 11.0 Å². The van der Waals surface area contributed by atoms with Gasteiger partial charge in [-0.15, -0.1) is 0 Å². The van der Waals surface area contributed by atoms with Gasteiger partial charge in [-0.05, 0) is 49.8 Å². The van der Waals surface area contributed by atoms with E-state index < -0.39 is 11.1 Å². The molecule has 0 radical (unpaired) electrons.